The molecule has 1 atom stereocenters. The molecule has 2 N–H and O–H groups in total. The summed E-state index contributed by atoms with van der Waals surface area (Å²) in [4.78, 5) is 13.6. The number of ether oxygens (including phenoxy) is 1. The summed E-state index contributed by atoms with van der Waals surface area (Å²) in [6.07, 6.45) is 2.70. The zero-order valence-electron chi connectivity index (χ0n) is 10.3. The zero-order valence-corrected chi connectivity index (χ0v) is 11.9. The van der Waals surface area contributed by atoms with Gasteiger partial charge >= 0.3 is 0 Å². The molecule has 0 bridgehead atoms. The number of aromatic nitrogens is 1. The van der Waals surface area contributed by atoms with Crippen molar-refractivity contribution in [1.82, 2.24) is 10.3 Å². The van der Waals surface area contributed by atoms with Gasteiger partial charge in [-0.2, -0.15) is 0 Å². The van der Waals surface area contributed by atoms with Crippen LogP contribution in [0.1, 0.15) is 18.4 Å². The lowest BCUT2D eigenvalue weighted by Gasteiger charge is -2.10. The molecule has 2 aromatic rings. The van der Waals surface area contributed by atoms with E-state index in [1.54, 1.807) is 7.11 Å². The molecule has 0 spiro atoms. The predicted molar refractivity (Wildman–Crippen MR) is 75.0 cm³/mol. The van der Waals surface area contributed by atoms with Crippen molar-refractivity contribution in [2.24, 2.45) is 0 Å². The van der Waals surface area contributed by atoms with Crippen molar-refractivity contribution < 1.29 is 9.53 Å². The van der Waals surface area contributed by atoms with Gasteiger partial charge in [0.2, 0.25) is 6.41 Å². The molecule has 1 aromatic carbocycles. The highest BCUT2D eigenvalue weighted by Crippen LogP contribution is 2.33. The van der Waals surface area contributed by atoms with E-state index in [9.17, 15) is 4.79 Å². The molecule has 1 unspecified atom stereocenters. The summed E-state index contributed by atoms with van der Waals surface area (Å²) in [5, 5.41) is 3.83. The topological polar surface area (TPSA) is 54.1 Å². The summed E-state index contributed by atoms with van der Waals surface area (Å²) in [6.45, 7) is 2.70. The van der Waals surface area contributed by atoms with Gasteiger partial charge in [-0.25, -0.2) is 0 Å². The van der Waals surface area contributed by atoms with Crippen LogP contribution in [-0.2, 0) is 4.79 Å². The SMILES string of the molecule is COc1cc2c(C(C)CNC=O)c[nH]c2cc1Br. The molecule has 1 amide bonds. The first kappa shape index (κ1) is 13.0. The van der Waals surface area contributed by atoms with Crippen LogP contribution in [0.25, 0.3) is 10.9 Å². The minimum atomic E-state index is 0.245. The van der Waals surface area contributed by atoms with Crippen molar-refractivity contribution in [2.75, 3.05) is 13.7 Å². The summed E-state index contributed by atoms with van der Waals surface area (Å²) in [5.74, 6) is 1.05. The van der Waals surface area contributed by atoms with Crippen LogP contribution >= 0.6 is 15.9 Å². The molecule has 5 heteroatoms. The number of carbonyl (C=O) groups excluding carboxylic acids is 1. The molecule has 4 nitrogen and oxygen atoms in total. The van der Waals surface area contributed by atoms with Gasteiger partial charge in [0.25, 0.3) is 0 Å². The highest BCUT2D eigenvalue weighted by molar-refractivity contribution is 9.10. The molecule has 0 radical (unpaired) electrons. The molecule has 0 saturated carbocycles. The average molecular weight is 311 g/mol. The number of aromatic amines is 1. The quantitative estimate of drug-likeness (QED) is 0.834. The van der Waals surface area contributed by atoms with Gasteiger partial charge in [-0.15, -0.1) is 0 Å². The Bertz CT molecular complexity index is 565. The van der Waals surface area contributed by atoms with Crippen LogP contribution in [0.15, 0.2) is 22.8 Å². The molecule has 0 aliphatic carbocycles. The Labute approximate surface area is 114 Å². The summed E-state index contributed by atoms with van der Waals surface area (Å²) in [5.41, 5.74) is 2.22. The van der Waals surface area contributed by atoms with E-state index in [0.717, 1.165) is 27.5 Å². The number of amides is 1. The first-order valence-electron chi connectivity index (χ1n) is 5.69. The molecule has 96 valence electrons. The number of rotatable bonds is 5. The molecule has 0 saturated heterocycles. The number of hydrogen-bond acceptors (Lipinski definition) is 2. The third-order valence-electron chi connectivity index (χ3n) is 3.02. The van der Waals surface area contributed by atoms with Crippen molar-refractivity contribution in [1.29, 1.82) is 0 Å². The van der Waals surface area contributed by atoms with Crippen molar-refractivity contribution in [3.63, 3.8) is 0 Å². The summed E-state index contributed by atoms with van der Waals surface area (Å²) < 4.78 is 6.23. The summed E-state index contributed by atoms with van der Waals surface area (Å²) in [6, 6.07) is 4.00. The second kappa shape index (κ2) is 5.44. The number of fused-ring (bicyclic) bond motifs is 1. The Balaban J connectivity index is 2.42. The lowest BCUT2D eigenvalue weighted by molar-refractivity contribution is -0.109. The zero-order chi connectivity index (χ0) is 13.1. The maximum Gasteiger partial charge on any atom is 0.207 e. The number of carbonyl (C=O) groups is 1. The van der Waals surface area contributed by atoms with Crippen molar-refractivity contribution >= 4 is 33.2 Å². The monoisotopic (exact) mass is 310 g/mol. The molecule has 2 rings (SSSR count). The Morgan fingerprint density at radius 1 is 1.56 bits per heavy atom. The largest absolute Gasteiger partial charge is 0.496 e. The van der Waals surface area contributed by atoms with Gasteiger partial charge in [0.1, 0.15) is 5.75 Å². The van der Waals surface area contributed by atoms with E-state index in [-0.39, 0.29) is 5.92 Å². The molecular formula is C13H15BrN2O2. The molecule has 18 heavy (non-hydrogen) atoms. The minimum absolute atomic E-state index is 0.245. The van der Waals surface area contributed by atoms with Crippen LogP contribution in [-0.4, -0.2) is 25.0 Å². The molecule has 0 fully saturated rings. The van der Waals surface area contributed by atoms with E-state index in [1.165, 1.54) is 5.56 Å². The lowest BCUT2D eigenvalue weighted by atomic mass is 10.0. The van der Waals surface area contributed by atoms with E-state index in [0.29, 0.717) is 6.54 Å². The van der Waals surface area contributed by atoms with Crippen LogP contribution < -0.4 is 10.1 Å². The van der Waals surface area contributed by atoms with E-state index >= 15 is 0 Å². The van der Waals surface area contributed by atoms with Crippen molar-refractivity contribution in [3.05, 3.63) is 28.4 Å². The first-order chi connectivity index (χ1) is 8.67. The smallest absolute Gasteiger partial charge is 0.207 e. The molecular weight excluding hydrogens is 296 g/mol. The van der Waals surface area contributed by atoms with E-state index < -0.39 is 0 Å². The molecule has 0 aliphatic heterocycles. The Hall–Kier alpha value is -1.49. The number of H-pyrrole nitrogens is 1. The number of hydrogen-bond donors (Lipinski definition) is 2. The molecule has 1 aromatic heterocycles. The third kappa shape index (κ3) is 2.36. The van der Waals surface area contributed by atoms with E-state index in [4.69, 9.17) is 4.74 Å². The van der Waals surface area contributed by atoms with Crippen LogP contribution in [0.4, 0.5) is 0 Å². The van der Waals surface area contributed by atoms with Crippen LogP contribution in [0, 0.1) is 0 Å². The Morgan fingerprint density at radius 2 is 2.33 bits per heavy atom. The maximum atomic E-state index is 10.3. The second-order valence-corrected chi connectivity index (χ2v) is 5.06. The van der Waals surface area contributed by atoms with Crippen molar-refractivity contribution in [3.8, 4) is 5.75 Å². The standard InChI is InChI=1S/C13H15BrN2O2/c1-8(5-15-7-17)10-6-16-12-4-11(14)13(18-2)3-9(10)12/h3-4,6-8,16H,5H2,1-2H3,(H,15,17). The Kier molecular flexibility index (Phi) is 3.91. The fourth-order valence-electron chi connectivity index (χ4n) is 2.04. The van der Waals surface area contributed by atoms with Gasteiger partial charge in [-0.3, -0.25) is 4.79 Å². The number of nitrogens with one attached hydrogen (secondary N) is 2. The maximum absolute atomic E-state index is 10.3. The second-order valence-electron chi connectivity index (χ2n) is 4.20. The molecule has 1 heterocycles. The Morgan fingerprint density at radius 3 is 3.00 bits per heavy atom. The van der Waals surface area contributed by atoms with Crippen LogP contribution in [0.5, 0.6) is 5.75 Å². The van der Waals surface area contributed by atoms with E-state index in [1.807, 2.05) is 18.3 Å². The fourth-order valence-corrected chi connectivity index (χ4v) is 2.55. The van der Waals surface area contributed by atoms with Gasteiger partial charge in [-0.1, -0.05) is 6.92 Å². The summed E-state index contributed by atoms with van der Waals surface area (Å²) in [7, 11) is 1.65. The highest BCUT2D eigenvalue weighted by atomic mass is 79.9. The number of benzene rings is 1. The van der Waals surface area contributed by atoms with E-state index in [2.05, 4.69) is 33.2 Å². The minimum Gasteiger partial charge on any atom is -0.496 e. The summed E-state index contributed by atoms with van der Waals surface area (Å²) >= 11 is 3.46. The third-order valence-corrected chi connectivity index (χ3v) is 3.64. The van der Waals surface area contributed by atoms with Gasteiger partial charge in [0.05, 0.1) is 11.6 Å². The van der Waals surface area contributed by atoms with Crippen LogP contribution in [0.3, 0.4) is 0 Å². The average Bonchev–Trinajstić information content (AvgIpc) is 2.77. The van der Waals surface area contributed by atoms with Gasteiger partial charge in [0.15, 0.2) is 0 Å². The normalized spacial score (nSPS) is 12.4. The number of methoxy groups -OCH3 is 1. The van der Waals surface area contributed by atoms with Crippen molar-refractivity contribution in [2.45, 2.75) is 12.8 Å². The highest BCUT2D eigenvalue weighted by Gasteiger charge is 2.13. The van der Waals surface area contributed by atoms with Gasteiger partial charge < -0.3 is 15.0 Å². The molecule has 0 aliphatic rings. The fraction of sp³-hybridized carbons (Fsp3) is 0.308. The predicted octanol–water partition coefficient (Wildman–Crippen LogP) is 2.79. The van der Waals surface area contributed by atoms with Crippen LogP contribution in [0.2, 0.25) is 0 Å². The van der Waals surface area contributed by atoms with Gasteiger partial charge in [0, 0.05) is 29.6 Å². The number of halogens is 1. The van der Waals surface area contributed by atoms with Gasteiger partial charge in [-0.05, 0) is 33.6 Å². The lowest BCUT2D eigenvalue weighted by Crippen LogP contribution is -2.17. The first-order valence-corrected chi connectivity index (χ1v) is 6.48.